The number of nitrogens with two attached hydrogens (primary N) is 1. The molecule has 0 bridgehead atoms. The van der Waals surface area contributed by atoms with E-state index < -0.39 is 29.7 Å². The van der Waals surface area contributed by atoms with E-state index in [0.29, 0.717) is 0 Å². The molecule has 0 aliphatic heterocycles. The summed E-state index contributed by atoms with van der Waals surface area (Å²) in [5.74, 6) is -2.34. The molecule has 0 aliphatic rings. The lowest BCUT2D eigenvalue weighted by molar-refractivity contribution is -0.119. The quantitative estimate of drug-likeness (QED) is 0.722. The number of amides is 2. The van der Waals surface area contributed by atoms with Gasteiger partial charge < -0.3 is 15.8 Å². The van der Waals surface area contributed by atoms with E-state index in [1.807, 2.05) is 6.92 Å². The van der Waals surface area contributed by atoms with Gasteiger partial charge >= 0.3 is 6.09 Å². The molecule has 0 fully saturated rings. The number of primary amides is 1. The Morgan fingerprint density at radius 3 is 2.41 bits per heavy atom. The Labute approximate surface area is 127 Å². The molecule has 1 aromatic carbocycles. The van der Waals surface area contributed by atoms with Crippen molar-refractivity contribution >= 4 is 12.0 Å². The molecule has 122 valence electrons. The summed E-state index contributed by atoms with van der Waals surface area (Å²) in [6.07, 6.45) is 1.74. The first-order valence-electron chi connectivity index (χ1n) is 7.10. The van der Waals surface area contributed by atoms with E-state index in [4.69, 9.17) is 10.5 Å². The van der Waals surface area contributed by atoms with Crippen LogP contribution < -0.4 is 11.1 Å². The Morgan fingerprint density at radius 1 is 1.23 bits per heavy atom. The highest BCUT2D eigenvalue weighted by Crippen LogP contribution is 2.10. The van der Waals surface area contributed by atoms with Gasteiger partial charge in [-0.1, -0.05) is 19.8 Å². The first-order valence-corrected chi connectivity index (χ1v) is 7.10. The normalized spacial score (nSPS) is 11.8. The molecule has 1 unspecified atom stereocenters. The number of carbonyl (C=O) groups is 2. The molecule has 0 aromatic heterocycles. The van der Waals surface area contributed by atoms with Gasteiger partial charge in [0.25, 0.3) is 0 Å². The molecule has 3 N–H and O–H groups in total. The van der Waals surface area contributed by atoms with Crippen LogP contribution in [0, 0.1) is 11.6 Å². The molecule has 2 amide bonds. The number of unbranched alkanes of at least 4 members (excludes halogenated alkanes) is 2. The van der Waals surface area contributed by atoms with Crippen LogP contribution in [-0.2, 0) is 16.0 Å². The molecule has 7 heteroatoms. The van der Waals surface area contributed by atoms with Gasteiger partial charge in [-0.05, 0) is 24.1 Å². The Bertz CT molecular complexity index is 503. The van der Waals surface area contributed by atoms with Crippen molar-refractivity contribution in [3.8, 4) is 0 Å². The first kappa shape index (κ1) is 17.9. The molecule has 0 saturated carbocycles. The highest BCUT2D eigenvalue weighted by Gasteiger charge is 2.20. The summed E-state index contributed by atoms with van der Waals surface area (Å²) in [6, 6.07) is 1.78. The van der Waals surface area contributed by atoms with Gasteiger partial charge in [0.15, 0.2) is 0 Å². The highest BCUT2D eigenvalue weighted by molar-refractivity contribution is 5.84. The van der Waals surface area contributed by atoms with Crippen LogP contribution in [0.1, 0.15) is 31.7 Å². The van der Waals surface area contributed by atoms with E-state index in [9.17, 15) is 18.4 Å². The monoisotopic (exact) mass is 314 g/mol. The number of nitrogens with one attached hydrogen (secondary N) is 1. The highest BCUT2D eigenvalue weighted by atomic mass is 19.1. The Balaban J connectivity index is 2.58. The van der Waals surface area contributed by atoms with Gasteiger partial charge in [-0.15, -0.1) is 0 Å². The van der Waals surface area contributed by atoms with Gasteiger partial charge in [0, 0.05) is 12.5 Å². The molecule has 1 atom stereocenters. The van der Waals surface area contributed by atoms with E-state index in [1.165, 1.54) is 0 Å². The minimum Gasteiger partial charge on any atom is -0.450 e. The molecule has 5 nitrogen and oxygen atoms in total. The van der Waals surface area contributed by atoms with E-state index in [0.717, 1.165) is 37.5 Å². The fourth-order valence-electron chi connectivity index (χ4n) is 1.89. The zero-order valence-electron chi connectivity index (χ0n) is 12.4. The maximum atomic E-state index is 13.1. The second-order valence-corrected chi connectivity index (χ2v) is 4.92. The largest absolute Gasteiger partial charge is 0.450 e. The third-order valence-electron chi connectivity index (χ3n) is 2.98. The molecule has 1 aromatic rings. The van der Waals surface area contributed by atoms with E-state index in [1.54, 1.807) is 0 Å². The first-order chi connectivity index (χ1) is 10.4. The van der Waals surface area contributed by atoms with Gasteiger partial charge in [0.1, 0.15) is 17.7 Å². The molecule has 0 saturated heterocycles. The van der Waals surface area contributed by atoms with Crippen LogP contribution in [0.15, 0.2) is 18.2 Å². The summed E-state index contributed by atoms with van der Waals surface area (Å²) >= 11 is 0. The zero-order valence-corrected chi connectivity index (χ0v) is 12.4. The Morgan fingerprint density at radius 2 is 1.86 bits per heavy atom. The predicted molar refractivity (Wildman–Crippen MR) is 77.1 cm³/mol. The summed E-state index contributed by atoms with van der Waals surface area (Å²) in [5, 5.41) is 2.30. The second-order valence-electron chi connectivity index (χ2n) is 4.92. The standard InChI is InChI=1S/C15H20F2N2O3/c1-2-3-4-5-22-15(21)19-13(14(18)20)8-10-6-11(16)9-12(17)7-10/h6-7,9,13H,2-5,8H2,1H3,(H2,18,20)(H,19,21). The lowest BCUT2D eigenvalue weighted by Gasteiger charge is -2.15. The minimum atomic E-state index is -1.10. The Kier molecular flexibility index (Phi) is 7.28. The van der Waals surface area contributed by atoms with Crippen LogP contribution in [0.2, 0.25) is 0 Å². The summed E-state index contributed by atoms with van der Waals surface area (Å²) in [4.78, 5) is 22.9. The number of alkyl carbamates (subject to hydrolysis) is 1. The molecular weight excluding hydrogens is 294 g/mol. The van der Waals surface area contributed by atoms with Crippen molar-refractivity contribution in [3.05, 3.63) is 35.4 Å². The van der Waals surface area contributed by atoms with Crippen molar-refractivity contribution in [3.63, 3.8) is 0 Å². The van der Waals surface area contributed by atoms with Gasteiger partial charge in [-0.3, -0.25) is 4.79 Å². The third-order valence-corrected chi connectivity index (χ3v) is 2.98. The van der Waals surface area contributed by atoms with Crippen molar-refractivity contribution in [2.45, 2.75) is 38.6 Å². The second kappa shape index (κ2) is 8.96. The van der Waals surface area contributed by atoms with Crippen LogP contribution in [-0.4, -0.2) is 24.6 Å². The molecule has 22 heavy (non-hydrogen) atoms. The number of halogens is 2. The number of hydrogen-bond donors (Lipinski definition) is 2. The fraction of sp³-hybridized carbons (Fsp3) is 0.467. The summed E-state index contributed by atoms with van der Waals surface area (Å²) < 4.78 is 31.1. The van der Waals surface area contributed by atoms with Crippen molar-refractivity contribution in [2.75, 3.05) is 6.61 Å². The molecule has 0 radical (unpaired) electrons. The van der Waals surface area contributed by atoms with Gasteiger partial charge in [0.05, 0.1) is 6.61 Å². The van der Waals surface area contributed by atoms with Crippen molar-refractivity contribution in [1.29, 1.82) is 0 Å². The van der Waals surface area contributed by atoms with Gasteiger partial charge in [-0.25, -0.2) is 13.6 Å². The summed E-state index contributed by atoms with van der Waals surface area (Å²) in [7, 11) is 0. The number of hydrogen-bond acceptors (Lipinski definition) is 3. The summed E-state index contributed by atoms with van der Waals surface area (Å²) in [6.45, 7) is 2.25. The fourth-order valence-corrected chi connectivity index (χ4v) is 1.89. The molecule has 0 aliphatic carbocycles. The minimum absolute atomic E-state index is 0.117. The maximum Gasteiger partial charge on any atom is 0.407 e. The molecule has 1 rings (SSSR count). The number of carbonyl (C=O) groups excluding carboxylic acids is 2. The van der Waals surface area contributed by atoms with Gasteiger partial charge in [-0.2, -0.15) is 0 Å². The lowest BCUT2D eigenvalue weighted by atomic mass is 10.1. The van der Waals surface area contributed by atoms with Crippen LogP contribution in [0.25, 0.3) is 0 Å². The van der Waals surface area contributed by atoms with Gasteiger partial charge in [0.2, 0.25) is 5.91 Å². The topological polar surface area (TPSA) is 81.4 Å². The molecule has 0 spiro atoms. The Hall–Kier alpha value is -2.18. The molecular formula is C15H20F2N2O3. The third kappa shape index (κ3) is 6.51. The predicted octanol–water partition coefficient (Wildman–Crippen LogP) is 2.28. The van der Waals surface area contributed by atoms with Crippen molar-refractivity contribution in [1.82, 2.24) is 5.32 Å². The average Bonchev–Trinajstić information content (AvgIpc) is 2.41. The number of benzene rings is 1. The smallest absolute Gasteiger partial charge is 0.407 e. The average molecular weight is 314 g/mol. The zero-order chi connectivity index (χ0) is 16.5. The summed E-state index contributed by atoms with van der Waals surface area (Å²) in [5.41, 5.74) is 5.40. The number of rotatable bonds is 8. The van der Waals surface area contributed by atoms with Crippen LogP contribution in [0.3, 0.4) is 0 Å². The molecule has 0 heterocycles. The van der Waals surface area contributed by atoms with Crippen molar-refractivity contribution in [2.24, 2.45) is 5.73 Å². The van der Waals surface area contributed by atoms with Crippen LogP contribution in [0.5, 0.6) is 0 Å². The van der Waals surface area contributed by atoms with E-state index in [-0.39, 0.29) is 18.6 Å². The van der Waals surface area contributed by atoms with E-state index in [2.05, 4.69) is 5.32 Å². The van der Waals surface area contributed by atoms with E-state index >= 15 is 0 Å². The van der Waals surface area contributed by atoms with Crippen LogP contribution >= 0.6 is 0 Å². The SMILES string of the molecule is CCCCCOC(=O)NC(Cc1cc(F)cc(F)c1)C(N)=O. The van der Waals surface area contributed by atoms with Crippen molar-refractivity contribution < 1.29 is 23.1 Å². The number of ether oxygens (including phenoxy) is 1. The maximum absolute atomic E-state index is 13.1. The lowest BCUT2D eigenvalue weighted by Crippen LogP contribution is -2.46. The van der Waals surface area contributed by atoms with Crippen LogP contribution in [0.4, 0.5) is 13.6 Å².